The number of halogens is 2. The van der Waals surface area contributed by atoms with E-state index in [0.29, 0.717) is 15.6 Å². The minimum absolute atomic E-state index is 0.232. The van der Waals surface area contributed by atoms with E-state index in [9.17, 15) is 9.59 Å². The van der Waals surface area contributed by atoms with Gasteiger partial charge in [-0.05, 0) is 25.1 Å². The van der Waals surface area contributed by atoms with E-state index >= 15 is 0 Å². The molecule has 0 radical (unpaired) electrons. The van der Waals surface area contributed by atoms with Crippen LogP contribution in [-0.4, -0.2) is 29.4 Å². The minimum atomic E-state index is -1.02. The fourth-order valence-electron chi connectivity index (χ4n) is 1.23. The lowest BCUT2D eigenvalue weighted by Crippen LogP contribution is -2.37. The van der Waals surface area contributed by atoms with Crippen LogP contribution in [0.3, 0.4) is 0 Å². The molecule has 0 spiro atoms. The summed E-state index contributed by atoms with van der Waals surface area (Å²) in [6.07, 6.45) is 0. The highest BCUT2D eigenvalue weighted by Crippen LogP contribution is 2.23. The van der Waals surface area contributed by atoms with Crippen LogP contribution in [-0.2, 0) is 4.79 Å². The molecule has 1 aromatic carbocycles. The first-order chi connectivity index (χ1) is 7.91. The van der Waals surface area contributed by atoms with Gasteiger partial charge in [0.2, 0.25) is 0 Å². The van der Waals surface area contributed by atoms with Gasteiger partial charge in [0, 0.05) is 5.56 Å². The van der Waals surface area contributed by atoms with Crippen molar-refractivity contribution in [2.45, 2.75) is 13.0 Å². The van der Waals surface area contributed by atoms with Gasteiger partial charge in [0.25, 0.3) is 0 Å². The molecule has 1 aromatic rings. The standard InChI is InChI=1S/C11H11Cl2NO3/c1-6(14-5-10(15)16)11(17)7-2-3-8(12)9(13)4-7/h2-4,6,14H,5H2,1H3,(H,15,16). The third-order valence-electron chi connectivity index (χ3n) is 2.16. The number of nitrogens with one attached hydrogen (secondary N) is 1. The molecule has 2 N–H and O–H groups in total. The Labute approximate surface area is 109 Å². The molecule has 0 aliphatic carbocycles. The summed E-state index contributed by atoms with van der Waals surface area (Å²) in [7, 11) is 0. The Morgan fingerprint density at radius 1 is 1.35 bits per heavy atom. The summed E-state index contributed by atoms with van der Waals surface area (Å²) in [6.45, 7) is 1.32. The predicted molar refractivity (Wildman–Crippen MR) is 65.9 cm³/mol. The van der Waals surface area contributed by atoms with Gasteiger partial charge in [0.05, 0.1) is 22.6 Å². The lowest BCUT2D eigenvalue weighted by atomic mass is 10.1. The highest BCUT2D eigenvalue weighted by molar-refractivity contribution is 6.42. The van der Waals surface area contributed by atoms with Crippen molar-refractivity contribution >= 4 is 35.0 Å². The van der Waals surface area contributed by atoms with E-state index in [0.717, 1.165) is 0 Å². The van der Waals surface area contributed by atoms with Crippen LogP contribution in [0.5, 0.6) is 0 Å². The van der Waals surface area contributed by atoms with E-state index in [4.69, 9.17) is 28.3 Å². The highest BCUT2D eigenvalue weighted by Gasteiger charge is 2.16. The smallest absolute Gasteiger partial charge is 0.317 e. The number of hydrogen-bond donors (Lipinski definition) is 2. The molecular weight excluding hydrogens is 265 g/mol. The molecule has 0 aliphatic heterocycles. The van der Waals surface area contributed by atoms with Crippen LogP contribution in [0, 0.1) is 0 Å². The minimum Gasteiger partial charge on any atom is -0.480 e. The van der Waals surface area contributed by atoms with E-state index in [-0.39, 0.29) is 12.3 Å². The first-order valence-corrected chi connectivity index (χ1v) is 5.62. The molecule has 1 unspecified atom stereocenters. The van der Waals surface area contributed by atoms with Gasteiger partial charge in [-0.1, -0.05) is 23.2 Å². The summed E-state index contributed by atoms with van der Waals surface area (Å²) in [5, 5.41) is 11.7. The number of carbonyl (C=O) groups excluding carboxylic acids is 1. The normalized spacial score (nSPS) is 12.2. The third kappa shape index (κ3) is 4.00. The highest BCUT2D eigenvalue weighted by atomic mass is 35.5. The molecule has 0 amide bonds. The van der Waals surface area contributed by atoms with Gasteiger partial charge in [0.1, 0.15) is 0 Å². The van der Waals surface area contributed by atoms with Crippen molar-refractivity contribution in [2.24, 2.45) is 0 Å². The molecule has 17 heavy (non-hydrogen) atoms. The van der Waals surface area contributed by atoms with E-state index in [1.54, 1.807) is 13.0 Å². The number of ketones is 1. The summed E-state index contributed by atoms with van der Waals surface area (Å²) >= 11 is 11.5. The summed E-state index contributed by atoms with van der Waals surface area (Å²) < 4.78 is 0. The zero-order chi connectivity index (χ0) is 13.0. The average Bonchev–Trinajstić information content (AvgIpc) is 2.28. The van der Waals surface area contributed by atoms with Crippen LogP contribution in [0.4, 0.5) is 0 Å². The zero-order valence-corrected chi connectivity index (χ0v) is 10.5. The van der Waals surface area contributed by atoms with Gasteiger partial charge in [-0.2, -0.15) is 0 Å². The number of aliphatic carboxylic acids is 1. The molecular formula is C11H11Cl2NO3. The van der Waals surface area contributed by atoms with Gasteiger partial charge in [-0.3, -0.25) is 14.9 Å². The van der Waals surface area contributed by atoms with Crippen molar-refractivity contribution in [3.05, 3.63) is 33.8 Å². The van der Waals surface area contributed by atoms with Crippen LogP contribution < -0.4 is 5.32 Å². The predicted octanol–water partition coefficient (Wildman–Crippen LogP) is 2.24. The number of carboxylic acids is 1. The van der Waals surface area contributed by atoms with E-state index < -0.39 is 12.0 Å². The van der Waals surface area contributed by atoms with Gasteiger partial charge >= 0.3 is 5.97 Å². The van der Waals surface area contributed by atoms with Gasteiger partial charge in [0.15, 0.2) is 5.78 Å². The Bertz CT molecular complexity index is 448. The summed E-state index contributed by atoms with van der Waals surface area (Å²) in [5.41, 5.74) is 0.393. The van der Waals surface area contributed by atoms with E-state index in [2.05, 4.69) is 5.32 Å². The zero-order valence-electron chi connectivity index (χ0n) is 9.04. The van der Waals surface area contributed by atoms with Crippen molar-refractivity contribution in [1.82, 2.24) is 5.32 Å². The van der Waals surface area contributed by atoms with Crippen molar-refractivity contribution in [3.63, 3.8) is 0 Å². The molecule has 6 heteroatoms. The fraction of sp³-hybridized carbons (Fsp3) is 0.273. The Morgan fingerprint density at radius 2 is 2.00 bits per heavy atom. The average molecular weight is 276 g/mol. The molecule has 0 aromatic heterocycles. The second-order valence-electron chi connectivity index (χ2n) is 3.49. The molecule has 0 aliphatic rings. The molecule has 4 nitrogen and oxygen atoms in total. The van der Waals surface area contributed by atoms with Crippen molar-refractivity contribution in [3.8, 4) is 0 Å². The summed E-state index contributed by atoms with van der Waals surface area (Å²) in [4.78, 5) is 22.2. The lowest BCUT2D eigenvalue weighted by molar-refractivity contribution is -0.136. The van der Waals surface area contributed by atoms with Crippen LogP contribution in [0.15, 0.2) is 18.2 Å². The first kappa shape index (κ1) is 14.0. The Hall–Kier alpha value is -1.10. The number of rotatable bonds is 5. The Balaban J connectivity index is 2.74. The monoisotopic (exact) mass is 275 g/mol. The molecule has 0 heterocycles. The molecule has 0 bridgehead atoms. The number of benzene rings is 1. The quantitative estimate of drug-likeness (QED) is 0.809. The van der Waals surface area contributed by atoms with Crippen molar-refractivity contribution in [1.29, 1.82) is 0 Å². The maximum atomic E-state index is 11.9. The van der Waals surface area contributed by atoms with Gasteiger partial charge in [-0.25, -0.2) is 0 Å². The number of Topliss-reactive ketones (excluding diaryl/α,β-unsaturated/α-hetero) is 1. The molecule has 1 rings (SSSR count). The maximum absolute atomic E-state index is 11.9. The number of hydrogen-bond acceptors (Lipinski definition) is 3. The van der Waals surface area contributed by atoms with Crippen LogP contribution in [0.25, 0.3) is 0 Å². The lowest BCUT2D eigenvalue weighted by Gasteiger charge is -2.11. The summed E-state index contributed by atoms with van der Waals surface area (Å²) in [6, 6.07) is 3.95. The second-order valence-corrected chi connectivity index (χ2v) is 4.30. The number of carbonyl (C=O) groups is 2. The van der Waals surface area contributed by atoms with Gasteiger partial charge < -0.3 is 5.11 Å². The summed E-state index contributed by atoms with van der Waals surface area (Å²) in [5.74, 6) is -1.25. The van der Waals surface area contributed by atoms with Crippen molar-refractivity contribution < 1.29 is 14.7 Å². The SMILES string of the molecule is CC(NCC(=O)O)C(=O)c1ccc(Cl)c(Cl)c1. The number of carboxylic acid groups (broad SMARTS) is 1. The molecule has 1 atom stereocenters. The van der Waals surface area contributed by atoms with Crippen LogP contribution >= 0.6 is 23.2 Å². The third-order valence-corrected chi connectivity index (χ3v) is 2.90. The largest absolute Gasteiger partial charge is 0.480 e. The Kier molecular flexibility index (Phi) is 4.93. The molecule has 0 fully saturated rings. The topological polar surface area (TPSA) is 66.4 Å². The molecule has 0 saturated carbocycles. The van der Waals surface area contributed by atoms with Gasteiger partial charge in [-0.15, -0.1) is 0 Å². The van der Waals surface area contributed by atoms with Crippen LogP contribution in [0.2, 0.25) is 10.0 Å². The Morgan fingerprint density at radius 3 is 2.53 bits per heavy atom. The molecule has 0 saturated heterocycles. The van der Waals surface area contributed by atoms with Crippen molar-refractivity contribution in [2.75, 3.05) is 6.54 Å². The van der Waals surface area contributed by atoms with Crippen LogP contribution in [0.1, 0.15) is 17.3 Å². The fourth-order valence-corrected chi connectivity index (χ4v) is 1.53. The maximum Gasteiger partial charge on any atom is 0.317 e. The van der Waals surface area contributed by atoms with E-state index in [1.165, 1.54) is 12.1 Å². The van der Waals surface area contributed by atoms with E-state index in [1.807, 2.05) is 0 Å². The first-order valence-electron chi connectivity index (χ1n) is 4.86. The second kappa shape index (κ2) is 6.00. The molecule has 92 valence electrons.